The van der Waals surface area contributed by atoms with Crippen LogP contribution in [0.3, 0.4) is 0 Å². The normalized spacial score (nSPS) is 12.4. The zero-order valence-corrected chi connectivity index (χ0v) is 10.9. The number of rotatable bonds is 5. The number of nitrogens with zero attached hydrogens (tertiary/aromatic N) is 1. The van der Waals surface area contributed by atoms with Crippen LogP contribution >= 0.6 is 0 Å². The molecule has 0 aromatic carbocycles. The van der Waals surface area contributed by atoms with Gasteiger partial charge in [-0.15, -0.1) is 0 Å². The van der Waals surface area contributed by atoms with E-state index in [2.05, 4.69) is 10.3 Å². The van der Waals surface area contributed by atoms with E-state index in [1.807, 2.05) is 45.3 Å². The lowest BCUT2D eigenvalue weighted by Crippen LogP contribution is -2.17. The van der Waals surface area contributed by atoms with Crippen molar-refractivity contribution in [3.05, 3.63) is 47.7 Å². The predicted octanol–water partition coefficient (Wildman–Crippen LogP) is 2.69. The first kappa shape index (κ1) is 12.6. The molecule has 4 heteroatoms. The van der Waals surface area contributed by atoms with Gasteiger partial charge in [-0.05, 0) is 44.7 Å². The van der Waals surface area contributed by atoms with Gasteiger partial charge >= 0.3 is 0 Å². The van der Waals surface area contributed by atoms with Gasteiger partial charge in [0.25, 0.3) is 0 Å². The summed E-state index contributed by atoms with van der Waals surface area (Å²) in [6.07, 6.45) is 3.54. The van der Waals surface area contributed by atoms with Crippen LogP contribution in [-0.4, -0.2) is 18.6 Å². The Morgan fingerprint density at radius 1 is 1.39 bits per heavy atom. The van der Waals surface area contributed by atoms with Crippen LogP contribution in [0.5, 0.6) is 5.75 Å². The number of aromatic nitrogens is 1. The summed E-state index contributed by atoms with van der Waals surface area (Å²) in [4.78, 5) is 4.20. The third-order valence-corrected chi connectivity index (χ3v) is 2.71. The largest absolute Gasteiger partial charge is 0.492 e. The maximum Gasteiger partial charge on any atom is 0.137 e. The smallest absolute Gasteiger partial charge is 0.137 e. The van der Waals surface area contributed by atoms with Crippen LogP contribution in [0, 0.1) is 6.92 Å². The number of hydrogen-bond acceptors (Lipinski definition) is 4. The van der Waals surface area contributed by atoms with Crippen molar-refractivity contribution in [1.29, 1.82) is 0 Å². The average Bonchev–Trinajstić information content (AvgIpc) is 2.78. The lowest BCUT2D eigenvalue weighted by molar-refractivity contribution is 0.338. The van der Waals surface area contributed by atoms with E-state index < -0.39 is 0 Å². The van der Waals surface area contributed by atoms with E-state index in [1.165, 1.54) is 0 Å². The first-order valence-corrected chi connectivity index (χ1v) is 6.06. The quantitative estimate of drug-likeness (QED) is 0.881. The fourth-order valence-electron chi connectivity index (χ4n) is 1.92. The highest BCUT2D eigenvalue weighted by atomic mass is 16.5. The maximum absolute atomic E-state index is 5.66. The van der Waals surface area contributed by atoms with Crippen LogP contribution in [0.2, 0.25) is 0 Å². The van der Waals surface area contributed by atoms with Gasteiger partial charge in [-0.1, -0.05) is 0 Å². The molecule has 0 saturated heterocycles. The van der Waals surface area contributed by atoms with E-state index in [4.69, 9.17) is 9.15 Å². The van der Waals surface area contributed by atoms with Crippen molar-refractivity contribution >= 4 is 0 Å². The molecule has 2 heterocycles. The second kappa shape index (κ2) is 5.69. The zero-order chi connectivity index (χ0) is 13.0. The zero-order valence-electron chi connectivity index (χ0n) is 10.9. The van der Waals surface area contributed by atoms with Gasteiger partial charge in [-0.25, -0.2) is 0 Å². The molecule has 18 heavy (non-hydrogen) atoms. The van der Waals surface area contributed by atoms with Gasteiger partial charge < -0.3 is 14.5 Å². The second-order valence-electron chi connectivity index (χ2n) is 4.06. The van der Waals surface area contributed by atoms with Crippen LogP contribution in [0.25, 0.3) is 0 Å². The monoisotopic (exact) mass is 246 g/mol. The SMILES string of the molecule is CCOc1cncc(C(NC)c2ccc(C)o2)c1. The van der Waals surface area contributed by atoms with Gasteiger partial charge in [0.1, 0.15) is 17.3 Å². The molecule has 1 unspecified atom stereocenters. The van der Waals surface area contributed by atoms with Crippen molar-refractivity contribution in [1.82, 2.24) is 10.3 Å². The van der Waals surface area contributed by atoms with Crippen molar-refractivity contribution in [2.24, 2.45) is 0 Å². The van der Waals surface area contributed by atoms with Crippen LogP contribution in [0.1, 0.15) is 30.0 Å². The van der Waals surface area contributed by atoms with Crippen LogP contribution < -0.4 is 10.1 Å². The first-order chi connectivity index (χ1) is 8.74. The molecule has 0 fully saturated rings. The van der Waals surface area contributed by atoms with Crippen LogP contribution in [0.4, 0.5) is 0 Å². The van der Waals surface area contributed by atoms with Gasteiger partial charge in [-0.3, -0.25) is 4.98 Å². The molecule has 0 amide bonds. The summed E-state index contributed by atoms with van der Waals surface area (Å²) in [6, 6.07) is 5.91. The Bertz CT molecular complexity index is 508. The summed E-state index contributed by atoms with van der Waals surface area (Å²) in [5.74, 6) is 2.56. The van der Waals surface area contributed by atoms with Crippen LogP contribution in [0.15, 0.2) is 35.0 Å². The number of nitrogens with one attached hydrogen (secondary N) is 1. The van der Waals surface area contributed by atoms with E-state index >= 15 is 0 Å². The van der Waals surface area contributed by atoms with Crippen LogP contribution in [-0.2, 0) is 0 Å². The molecule has 1 N–H and O–H groups in total. The number of furan rings is 1. The van der Waals surface area contributed by atoms with E-state index in [-0.39, 0.29) is 6.04 Å². The van der Waals surface area contributed by atoms with Gasteiger partial charge in [0, 0.05) is 6.20 Å². The maximum atomic E-state index is 5.66. The lowest BCUT2D eigenvalue weighted by atomic mass is 10.1. The Labute approximate surface area is 107 Å². The topological polar surface area (TPSA) is 47.3 Å². The second-order valence-corrected chi connectivity index (χ2v) is 4.06. The van der Waals surface area contributed by atoms with Gasteiger partial charge in [0.2, 0.25) is 0 Å². The summed E-state index contributed by atoms with van der Waals surface area (Å²) in [6.45, 7) is 4.53. The molecule has 2 aromatic heterocycles. The molecule has 0 aliphatic rings. The molecule has 96 valence electrons. The molecule has 1 atom stereocenters. The van der Waals surface area contributed by atoms with E-state index in [9.17, 15) is 0 Å². The molecule has 0 bridgehead atoms. The summed E-state index contributed by atoms with van der Waals surface area (Å²) in [5, 5.41) is 3.23. The number of hydrogen-bond donors (Lipinski definition) is 1. The average molecular weight is 246 g/mol. The molecule has 0 spiro atoms. The number of ether oxygens (including phenoxy) is 1. The Balaban J connectivity index is 2.29. The first-order valence-electron chi connectivity index (χ1n) is 6.06. The molecular weight excluding hydrogens is 228 g/mol. The molecule has 0 radical (unpaired) electrons. The Kier molecular flexibility index (Phi) is 3.99. The third-order valence-electron chi connectivity index (χ3n) is 2.71. The molecule has 0 aliphatic heterocycles. The van der Waals surface area contributed by atoms with Gasteiger partial charge in [-0.2, -0.15) is 0 Å². The highest BCUT2D eigenvalue weighted by Gasteiger charge is 2.16. The van der Waals surface area contributed by atoms with E-state index in [0.717, 1.165) is 22.8 Å². The molecule has 0 saturated carbocycles. The molecular formula is C14H18N2O2. The molecule has 0 aliphatic carbocycles. The third kappa shape index (κ3) is 2.71. The molecule has 2 aromatic rings. The highest BCUT2D eigenvalue weighted by Crippen LogP contribution is 2.25. The van der Waals surface area contributed by atoms with Crippen molar-refractivity contribution < 1.29 is 9.15 Å². The lowest BCUT2D eigenvalue weighted by Gasteiger charge is -2.14. The Hall–Kier alpha value is -1.81. The van der Waals surface area contributed by atoms with Crippen molar-refractivity contribution in [3.8, 4) is 5.75 Å². The van der Waals surface area contributed by atoms with Gasteiger partial charge in [0.05, 0.1) is 18.8 Å². The minimum Gasteiger partial charge on any atom is -0.492 e. The van der Waals surface area contributed by atoms with E-state index in [0.29, 0.717) is 6.61 Å². The van der Waals surface area contributed by atoms with Crippen molar-refractivity contribution in [3.63, 3.8) is 0 Å². The standard InChI is InChI=1S/C14H18N2O2/c1-4-17-12-7-11(8-16-9-12)14(15-3)13-6-5-10(2)18-13/h5-9,14-15H,4H2,1-3H3. The molecule has 4 nitrogen and oxygen atoms in total. The summed E-state index contributed by atoms with van der Waals surface area (Å²) in [5.41, 5.74) is 1.03. The minimum absolute atomic E-state index is 0.00777. The van der Waals surface area contributed by atoms with Gasteiger partial charge in [0.15, 0.2) is 0 Å². The molecule has 2 rings (SSSR count). The Morgan fingerprint density at radius 3 is 2.83 bits per heavy atom. The summed E-state index contributed by atoms with van der Waals surface area (Å²) < 4.78 is 11.1. The predicted molar refractivity (Wildman–Crippen MR) is 69.8 cm³/mol. The minimum atomic E-state index is -0.00777. The van der Waals surface area contributed by atoms with Crippen molar-refractivity contribution in [2.75, 3.05) is 13.7 Å². The number of aryl methyl sites for hydroxylation is 1. The highest BCUT2D eigenvalue weighted by molar-refractivity contribution is 5.30. The summed E-state index contributed by atoms with van der Waals surface area (Å²) in [7, 11) is 1.90. The number of pyridine rings is 1. The summed E-state index contributed by atoms with van der Waals surface area (Å²) >= 11 is 0. The van der Waals surface area contributed by atoms with Crippen molar-refractivity contribution in [2.45, 2.75) is 19.9 Å². The van der Waals surface area contributed by atoms with E-state index in [1.54, 1.807) is 6.20 Å². The fourth-order valence-corrected chi connectivity index (χ4v) is 1.92. The fraction of sp³-hybridized carbons (Fsp3) is 0.357. The Morgan fingerprint density at radius 2 is 2.22 bits per heavy atom.